The summed E-state index contributed by atoms with van der Waals surface area (Å²) in [5, 5.41) is 10.1. The largest absolute Gasteiger partial charge is 0.388 e. The maximum Gasteiger partial charge on any atom is 0.137 e. The summed E-state index contributed by atoms with van der Waals surface area (Å²) >= 11 is 3.12. The van der Waals surface area contributed by atoms with Gasteiger partial charge in [0.05, 0.1) is 10.6 Å². The van der Waals surface area contributed by atoms with Crippen molar-refractivity contribution < 1.29 is 9.50 Å². The quantitative estimate of drug-likeness (QED) is 0.830. The van der Waals surface area contributed by atoms with Crippen LogP contribution < -0.4 is 0 Å². The topological polar surface area (TPSA) is 20.2 Å². The fourth-order valence-electron chi connectivity index (χ4n) is 2.76. The molecule has 1 atom stereocenters. The number of benzene rings is 1. The predicted molar refractivity (Wildman–Crippen MR) is 74.9 cm³/mol. The lowest BCUT2D eigenvalue weighted by Crippen LogP contribution is -2.08. The molecule has 1 aliphatic rings. The summed E-state index contributed by atoms with van der Waals surface area (Å²) in [5.74, 6) is 0.456. The zero-order valence-corrected chi connectivity index (χ0v) is 12.1. The molecule has 0 spiro atoms. The molecule has 1 saturated carbocycles. The molecule has 0 amide bonds. The Hall–Kier alpha value is -0.410. The molecule has 3 heteroatoms. The first-order valence-electron chi connectivity index (χ1n) is 6.80. The van der Waals surface area contributed by atoms with Gasteiger partial charge >= 0.3 is 0 Å². The lowest BCUT2D eigenvalue weighted by molar-refractivity contribution is 0.151. The van der Waals surface area contributed by atoms with E-state index in [0.29, 0.717) is 10.0 Å². The van der Waals surface area contributed by atoms with Crippen LogP contribution >= 0.6 is 15.9 Å². The first kappa shape index (κ1) is 14.0. The van der Waals surface area contributed by atoms with Crippen LogP contribution in [0.1, 0.15) is 56.6 Å². The van der Waals surface area contributed by atoms with Crippen molar-refractivity contribution in [2.45, 2.75) is 51.0 Å². The van der Waals surface area contributed by atoms with Crippen molar-refractivity contribution in [3.8, 4) is 0 Å². The van der Waals surface area contributed by atoms with E-state index in [2.05, 4.69) is 15.9 Å². The molecule has 1 nitrogen and oxygen atoms in total. The molecule has 100 valence electrons. The second kappa shape index (κ2) is 6.67. The van der Waals surface area contributed by atoms with Crippen molar-refractivity contribution in [1.82, 2.24) is 0 Å². The van der Waals surface area contributed by atoms with E-state index in [1.54, 1.807) is 12.1 Å². The minimum atomic E-state index is -0.533. The summed E-state index contributed by atoms with van der Waals surface area (Å²) in [6, 6.07) is 4.88. The smallest absolute Gasteiger partial charge is 0.137 e. The standard InChI is InChI=1S/C15H20BrFO/c16-13-8-7-12(10-14(13)17)15(18)9-6-11-4-2-1-3-5-11/h7-8,10-11,15,18H,1-6,9H2. The van der Waals surface area contributed by atoms with Gasteiger partial charge in [-0.25, -0.2) is 4.39 Å². The molecule has 0 aliphatic heterocycles. The molecule has 0 bridgehead atoms. The molecular weight excluding hydrogens is 295 g/mol. The Morgan fingerprint density at radius 1 is 1.28 bits per heavy atom. The van der Waals surface area contributed by atoms with Crippen LogP contribution in [0.15, 0.2) is 22.7 Å². The fraction of sp³-hybridized carbons (Fsp3) is 0.600. The molecule has 0 heterocycles. The highest BCUT2D eigenvalue weighted by Gasteiger charge is 2.16. The van der Waals surface area contributed by atoms with Crippen molar-refractivity contribution >= 4 is 15.9 Å². The van der Waals surface area contributed by atoms with Crippen LogP contribution in [0.3, 0.4) is 0 Å². The molecule has 0 saturated heterocycles. The maximum absolute atomic E-state index is 13.4. The van der Waals surface area contributed by atoms with Gasteiger partial charge in [-0.1, -0.05) is 38.2 Å². The molecule has 1 aliphatic carbocycles. The Balaban J connectivity index is 1.86. The van der Waals surface area contributed by atoms with Crippen molar-refractivity contribution in [2.75, 3.05) is 0 Å². The van der Waals surface area contributed by atoms with Crippen molar-refractivity contribution in [1.29, 1.82) is 0 Å². The van der Waals surface area contributed by atoms with Gasteiger partial charge in [-0.15, -0.1) is 0 Å². The SMILES string of the molecule is OC(CCC1CCCCC1)c1ccc(Br)c(F)c1. The van der Waals surface area contributed by atoms with Gasteiger partial charge in [-0.3, -0.25) is 0 Å². The van der Waals surface area contributed by atoms with E-state index in [1.165, 1.54) is 38.2 Å². The molecule has 1 aromatic carbocycles. The lowest BCUT2D eigenvalue weighted by Gasteiger charge is -2.22. The first-order valence-corrected chi connectivity index (χ1v) is 7.59. The van der Waals surface area contributed by atoms with E-state index in [1.807, 2.05) is 0 Å². The maximum atomic E-state index is 13.4. The number of aliphatic hydroxyl groups is 1. The monoisotopic (exact) mass is 314 g/mol. The van der Waals surface area contributed by atoms with Crippen LogP contribution in [0.25, 0.3) is 0 Å². The third-order valence-corrected chi connectivity index (χ3v) is 4.54. The Labute approximate surface area is 117 Å². The van der Waals surface area contributed by atoms with Crippen LogP contribution in [-0.2, 0) is 0 Å². The molecule has 1 unspecified atom stereocenters. The van der Waals surface area contributed by atoms with Crippen molar-refractivity contribution in [2.24, 2.45) is 5.92 Å². The van der Waals surface area contributed by atoms with Gasteiger partial charge in [-0.05, 0) is 52.4 Å². The molecule has 2 rings (SSSR count). The molecule has 1 fully saturated rings. The number of rotatable bonds is 4. The summed E-state index contributed by atoms with van der Waals surface area (Å²) in [4.78, 5) is 0. The highest BCUT2D eigenvalue weighted by atomic mass is 79.9. The third kappa shape index (κ3) is 3.79. The van der Waals surface area contributed by atoms with Gasteiger partial charge in [0.1, 0.15) is 5.82 Å². The van der Waals surface area contributed by atoms with E-state index >= 15 is 0 Å². The van der Waals surface area contributed by atoms with Crippen LogP contribution in [0.4, 0.5) is 4.39 Å². The van der Waals surface area contributed by atoms with Gasteiger partial charge < -0.3 is 5.11 Å². The Bertz CT molecular complexity index is 388. The third-order valence-electron chi connectivity index (χ3n) is 3.90. The van der Waals surface area contributed by atoms with Gasteiger partial charge in [0.25, 0.3) is 0 Å². The normalized spacial score (nSPS) is 18.8. The summed E-state index contributed by atoms with van der Waals surface area (Å²) in [6.07, 6.45) is 7.86. The van der Waals surface area contributed by atoms with Gasteiger partial charge in [0.2, 0.25) is 0 Å². The molecule has 0 radical (unpaired) electrons. The van der Waals surface area contributed by atoms with E-state index in [4.69, 9.17) is 0 Å². The fourth-order valence-corrected chi connectivity index (χ4v) is 3.00. The van der Waals surface area contributed by atoms with Crippen LogP contribution in [0, 0.1) is 11.7 Å². The highest BCUT2D eigenvalue weighted by molar-refractivity contribution is 9.10. The summed E-state index contributed by atoms with van der Waals surface area (Å²) in [5.41, 5.74) is 0.687. The summed E-state index contributed by atoms with van der Waals surface area (Å²) < 4.78 is 13.8. The molecule has 18 heavy (non-hydrogen) atoms. The van der Waals surface area contributed by atoms with E-state index in [9.17, 15) is 9.50 Å². The second-order valence-electron chi connectivity index (χ2n) is 5.27. The number of hydrogen-bond donors (Lipinski definition) is 1. The van der Waals surface area contributed by atoms with Crippen molar-refractivity contribution in [3.05, 3.63) is 34.1 Å². The zero-order valence-electron chi connectivity index (χ0n) is 10.5. The van der Waals surface area contributed by atoms with E-state index in [-0.39, 0.29) is 5.82 Å². The van der Waals surface area contributed by atoms with E-state index < -0.39 is 6.10 Å². The average Bonchev–Trinajstić information content (AvgIpc) is 2.40. The first-order chi connectivity index (χ1) is 8.66. The summed E-state index contributed by atoms with van der Waals surface area (Å²) in [7, 11) is 0. The van der Waals surface area contributed by atoms with Gasteiger partial charge in [-0.2, -0.15) is 0 Å². The Morgan fingerprint density at radius 3 is 2.67 bits per heavy atom. The number of halogens is 2. The van der Waals surface area contributed by atoms with Gasteiger partial charge in [0.15, 0.2) is 0 Å². The van der Waals surface area contributed by atoms with Crippen LogP contribution in [0.2, 0.25) is 0 Å². The van der Waals surface area contributed by atoms with Gasteiger partial charge in [0, 0.05) is 0 Å². The number of hydrogen-bond acceptors (Lipinski definition) is 1. The zero-order chi connectivity index (χ0) is 13.0. The number of aliphatic hydroxyl groups excluding tert-OH is 1. The second-order valence-corrected chi connectivity index (χ2v) is 6.13. The molecule has 1 N–H and O–H groups in total. The van der Waals surface area contributed by atoms with E-state index in [0.717, 1.165) is 18.8 Å². The predicted octanol–water partition coefficient (Wildman–Crippen LogP) is 4.98. The van der Waals surface area contributed by atoms with Crippen LogP contribution in [-0.4, -0.2) is 5.11 Å². The average molecular weight is 315 g/mol. The van der Waals surface area contributed by atoms with Crippen molar-refractivity contribution in [3.63, 3.8) is 0 Å². The molecular formula is C15H20BrFO. The highest BCUT2D eigenvalue weighted by Crippen LogP contribution is 2.31. The molecule has 0 aromatic heterocycles. The molecule has 1 aromatic rings. The minimum absolute atomic E-state index is 0.302. The summed E-state index contributed by atoms with van der Waals surface area (Å²) in [6.45, 7) is 0. The minimum Gasteiger partial charge on any atom is -0.388 e. The van der Waals surface area contributed by atoms with Crippen LogP contribution in [0.5, 0.6) is 0 Å². The lowest BCUT2D eigenvalue weighted by atomic mass is 9.85. The Kier molecular flexibility index (Phi) is 5.19. The Morgan fingerprint density at radius 2 is 2.00 bits per heavy atom.